The lowest BCUT2D eigenvalue weighted by Crippen LogP contribution is -2.25. The molecule has 1 aliphatic rings. The van der Waals surface area contributed by atoms with Crippen LogP contribution >= 0.6 is 0 Å². The van der Waals surface area contributed by atoms with Crippen molar-refractivity contribution in [3.05, 3.63) is 95.3 Å². The van der Waals surface area contributed by atoms with Crippen LogP contribution in [-0.4, -0.2) is 23.1 Å². The summed E-state index contributed by atoms with van der Waals surface area (Å²) in [6, 6.07) is 24.4. The number of aliphatic hydroxyl groups excluding tert-OH is 1. The number of hydrogen-bond acceptors (Lipinski definition) is 3. The highest BCUT2D eigenvalue weighted by atomic mass is 16.3. The Kier molecular flexibility index (Phi) is 6.08. The van der Waals surface area contributed by atoms with Gasteiger partial charge in [0.1, 0.15) is 5.76 Å². The van der Waals surface area contributed by atoms with Gasteiger partial charge in [-0.05, 0) is 34.2 Å². The average Bonchev–Trinajstić information content (AvgIpc) is 2.77. The molecule has 30 heavy (non-hydrogen) atoms. The topological polar surface area (TPSA) is 49.7 Å². The van der Waals surface area contributed by atoms with E-state index in [4.69, 9.17) is 4.99 Å². The molecule has 0 saturated carbocycles. The maximum atomic E-state index is 13.1. The Morgan fingerprint density at radius 1 is 0.967 bits per heavy atom. The van der Waals surface area contributed by atoms with E-state index in [9.17, 15) is 9.90 Å². The first-order chi connectivity index (χ1) is 14.7. The predicted octanol–water partition coefficient (Wildman–Crippen LogP) is 6.19. The molecule has 152 valence electrons. The van der Waals surface area contributed by atoms with Gasteiger partial charge in [0, 0.05) is 25.8 Å². The first-order valence-corrected chi connectivity index (χ1v) is 10.7. The zero-order valence-corrected chi connectivity index (χ0v) is 17.3. The molecule has 1 atom stereocenters. The van der Waals surface area contributed by atoms with Crippen molar-refractivity contribution in [2.45, 2.75) is 38.5 Å². The summed E-state index contributed by atoms with van der Waals surface area (Å²) >= 11 is 0. The number of fused-ring (bicyclic) bond motifs is 1. The van der Waals surface area contributed by atoms with E-state index in [1.54, 1.807) is 0 Å². The van der Waals surface area contributed by atoms with Crippen LogP contribution < -0.4 is 0 Å². The molecule has 1 aliphatic carbocycles. The molecule has 3 aromatic carbocycles. The standard InChI is InChI=1S/C27H27NO2/c1-2-15-28-24(16-21-13-8-12-20-11-6-7-14-23(20)21)27-25(29)17-22(18-26(27)30)19-9-4-3-5-10-19/h3-14,22,29H,2,15-18H2,1H3. The molecule has 1 unspecified atom stereocenters. The number of allylic oxidation sites excluding steroid dienone is 2. The van der Waals surface area contributed by atoms with Crippen molar-refractivity contribution < 1.29 is 9.90 Å². The Hall–Kier alpha value is -3.20. The number of carbonyl (C=O) groups is 1. The molecule has 0 heterocycles. The van der Waals surface area contributed by atoms with Gasteiger partial charge >= 0.3 is 0 Å². The molecule has 4 rings (SSSR count). The fraction of sp³-hybridized carbons (Fsp3) is 0.259. The summed E-state index contributed by atoms with van der Waals surface area (Å²) in [6.45, 7) is 2.72. The number of benzene rings is 3. The Morgan fingerprint density at radius 2 is 1.70 bits per heavy atom. The number of rotatable bonds is 6. The highest BCUT2D eigenvalue weighted by molar-refractivity contribution is 6.24. The van der Waals surface area contributed by atoms with Crippen LogP contribution in [0.4, 0.5) is 0 Å². The Balaban J connectivity index is 1.69. The number of aliphatic imine (C=N–C) groups is 1. The van der Waals surface area contributed by atoms with Crippen molar-refractivity contribution in [3.63, 3.8) is 0 Å². The fourth-order valence-corrected chi connectivity index (χ4v) is 4.28. The van der Waals surface area contributed by atoms with Gasteiger partial charge in [-0.15, -0.1) is 0 Å². The number of hydrogen-bond donors (Lipinski definition) is 1. The molecular formula is C27H27NO2. The van der Waals surface area contributed by atoms with Crippen LogP contribution in [0.5, 0.6) is 0 Å². The highest BCUT2D eigenvalue weighted by Gasteiger charge is 2.31. The average molecular weight is 398 g/mol. The van der Waals surface area contributed by atoms with Crippen LogP contribution in [0.1, 0.15) is 43.2 Å². The number of carbonyl (C=O) groups excluding carboxylic acids is 1. The van der Waals surface area contributed by atoms with Crippen LogP contribution in [0.3, 0.4) is 0 Å². The molecule has 0 bridgehead atoms. The number of nitrogens with zero attached hydrogens (tertiary/aromatic N) is 1. The molecule has 0 fully saturated rings. The maximum Gasteiger partial charge on any atom is 0.168 e. The molecule has 0 spiro atoms. The number of aliphatic hydroxyl groups is 1. The van der Waals surface area contributed by atoms with Gasteiger partial charge in [-0.3, -0.25) is 9.79 Å². The van der Waals surface area contributed by atoms with Crippen LogP contribution in [0, 0.1) is 0 Å². The summed E-state index contributed by atoms with van der Waals surface area (Å²) < 4.78 is 0. The SMILES string of the molecule is CCCN=C(Cc1cccc2ccccc12)C1=C(O)CC(c2ccccc2)CC1=O. The molecule has 0 aliphatic heterocycles. The van der Waals surface area contributed by atoms with E-state index >= 15 is 0 Å². The highest BCUT2D eigenvalue weighted by Crippen LogP contribution is 2.34. The first kappa shape index (κ1) is 20.1. The largest absolute Gasteiger partial charge is 0.511 e. The lowest BCUT2D eigenvalue weighted by atomic mass is 9.80. The summed E-state index contributed by atoms with van der Waals surface area (Å²) in [7, 11) is 0. The third kappa shape index (κ3) is 4.20. The van der Waals surface area contributed by atoms with E-state index in [-0.39, 0.29) is 17.5 Å². The van der Waals surface area contributed by atoms with Crippen molar-refractivity contribution in [3.8, 4) is 0 Å². The molecule has 3 heteroatoms. The fourth-order valence-electron chi connectivity index (χ4n) is 4.28. The van der Waals surface area contributed by atoms with Gasteiger partial charge in [0.2, 0.25) is 0 Å². The van der Waals surface area contributed by atoms with Gasteiger partial charge in [-0.1, -0.05) is 79.7 Å². The Labute approximate surface area is 177 Å². The van der Waals surface area contributed by atoms with Crippen molar-refractivity contribution in [1.29, 1.82) is 0 Å². The van der Waals surface area contributed by atoms with Crippen molar-refractivity contribution >= 4 is 22.3 Å². The molecule has 1 N–H and O–H groups in total. The van der Waals surface area contributed by atoms with Gasteiger partial charge in [0.25, 0.3) is 0 Å². The minimum Gasteiger partial charge on any atom is -0.511 e. The normalized spacial score (nSPS) is 17.6. The van der Waals surface area contributed by atoms with E-state index in [0.717, 1.165) is 22.9 Å². The van der Waals surface area contributed by atoms with Gasteiger partial charge in [0.15, 0.2) is 5.78 Å². The van der Waals surface area contributed by atoms with E-state index in [1.807, 2.05) is 48.5 Å². The van der Waals surface area contributed by atoms with E-state index in [1.165, 1.54) is 5.39 Å². The molecule has 0 amide bonds. The molecule has 0 saturated heterocycles. The van der Waals surface area contributed by atoms with Gasteiger partial charge < -0.3 is 5.11 Å². The number of Topliss-reactive ketones (excluding diaryl/α,β-unsaturated/α-hetero) is 1. The lowest BCUT2D eigenvalue weighted by molar-refractivity contribution is -0.116. The summed E-state index contributed by atoms with van der Waals surface area (Å²) in [6.07, 6.45) is 2.33. The number of ketones is 1. The van der Waals surface area contributed by atoms with Crippen LogP contribution in [0.2, 0.25) is 0 Å². The van der Waals surface area contributed by atoms with Crippen molar-refractivity contribution in [1.82, 2.24) is 0 Å². The summed E-state index contributed by atoms with van der Waals surface area (Å²) in [4.78, 5) is 17.9. The molecular weight excluding hydrogens is 370 g/mol. The van der Waals surface area contributed by atoms with Crippen molar-refractivity contribution in [2.24, 2.45) is 4.99 Å². The van der Waals surface area contributed by atoms with Crippen LogP contribution in [0.15, 0.2) is 89.1 Å². The van der Waals surface area contributed by atoms with Gasteiger partial charge in [-0.25, -0.2) is 0 Å². The van der Waals surface area contributed by atoms with E-state index < -0.39 is 0 Å². The summed E-state index contributed by atoms with van der Waals surface area (Å²) in [5, 5.41) is 13.2. The second-order valence-corrected chi connectivity index (χ2v) is 7.90. The van der Waals surface area contributed by atoms with Crippen LogP contribution in [-0.2, 0) is 11.2 Å². The maximum absolute atomic E-state index is 13.1. The minimum absolute atomic E-state index is 0.0114. The molecule has 3 aromatic rings. The Bertz CT molecular complexity index is 1110. The molecule has 0 radical (unpaired) electrons. The zero-order chi connectivity index (χ0) is 20.9. The zero-order valence-electron chi connectivity index (χ0n) is 17.3. The van der Waals surface area contributed by atoms with Crippen LogP contribution in [0.25, 0.3) is 10.8 Å². The van der Waals surface area contributed by atoms with Gasteiger partial charge in [0.05, 0.1) is 11.3 Å². The molecule has 0 aromatic heterocycles. The summed E-state index contributed by atoms with van der Waals surface area (Å²) in [5.74, 6) is 0.185. The summed E-state index contributed by atoms with van der Waals surface area (Å²) in [5.41, 5.74) is 3.37. The first-order valence-electron chi connectivity index (χ1n) is 10.7. The van der Waals surface area contributed by atoms with E-state index in [0.29, 0.717) is 37.1 Å². The second-order valence-electron chi connectivity index (χ2n) is 7.90. The van der Waals surface area contributed by atoms with Gasteiger partial charge in [-0.2, -0.15) is 0 Å². The minimum atomic E-state index is -0.0114. The second kappa shape index (κ2) is 9.08. The monoisotopic (exact) mass is 397 g/mol. The third-order valence-corrected chi connectivity index (χ3v) is 5.76. The third-order valence-electron chi connectivity index (χ3n) is 5.76. The Morgan fingerprint density at radius 3 is 2.47 bits per heavy atom. The smallest absolute Gasteiger partial charge is 0.168 e. The van der Waals surface area contributed by atoms with E-state index in [2.05, 4.69) is 31.2 Å². The lowest BCUT2D eigenvalue weighted by Gasteiger charge is -2.25. The quantitative estimate of drug-likeness (QED) is 0.504. The molecule has 3 nitrogen and oxygen atoms in total. The predicted molar refractivity (Wildman–Crippen MR) is 123 cm³/mol. The van der Waals surface area contributed by atoms with Crippen molar-refractivity contribution in [2.75, 3.05) is 6.54 Å².